The maximum absolute atomic E-state index is 11.2. The third kappa shape index (κ3) is 2.61. The van der Waals surface area contributed by atoms with Crippen LogP contribution in [0.25, 0.3) is 11.0 Å². The van der Waals surface area contributed by atoms with E-state index in [1.807, 2.05) is 13.0 Å². The molecule has 90 valence electrons. The zero-order valence-corrected chi connectivity index (χ0v) is 10.0. The molecule has 5 heteroatoms. The van der Waals surface area contributed by atoms with Gasteiger partial charge in [0, 0.05) is 11.6 Å². The van der Waals surface area contributed by atoms with Gasteiger partial charge in [-0.25, -0.2) is 9.67 Å². The van der Waals surface area contributed by atoms with E-state index < -0.39 is 0 Å². The van der Waals surface area contributed by atoms with Crippen molar-refractivity contribution in [2.75, 3.05) is 6.61 Å². The van der Waals surface area contributed by atoms with Crippen LogP contribution < -0.4 is 0 Å². The number of rotatable bonds is 4. The lowest BCUT2D eigenvalue weighted by Crippen LogP contribution is -2.10. The molecule has 0 aliphatic rings. The quantitative estimate of drug-likeness (QED) is 0.754. The normalized spacial score (nSPS) is 10.7. The monoisotopic (exact) mass is 233 g/mol. The van der Waals surface area contributed by atoms with E-state index in [4.69, 9.17) is 4.74 Å². The number of pyridine rings is 1. The average Bonchev–Trinajstić information content (AvgIpc) is 2.69. The SMILES string of the molecule is CCOC(=O)CCn1ncc2cc(C)cnc21. The highest BCUT2D eigenvalue weighted by Crippen LogP contribution is 2.12. The summed E-state index contributed by atoms with van der Waals surface area (Å²) in [6, 6.07) is 2.02. The fourth-order valence-corrected chi connectivity index (χ4v) is 1.68. The van der Waals surface area contributed by atoms with E-state index in [2.05, 4.69) is 10.1 Å². The van der Waals surface area contributed by atoms with Gasteiger partial charge in [-0.05, 0) is 25.5 Å². The maximum Gasteiger partial charge on any atom is 0.307 e. The van der Waals surface area contributed by atoms with E-state index in [0.29, 0.717) is 19.6 Å². The van der Waals surface area contributed by atoms with Crippen LogP contribution in [0.1, 0.15) is 18.9 Å². The summed E-state index contributed by atoms with van der Waals surface area (Å²) < 4.78 is 6.60. The number of nitrogens with zero attached hydrogens (tertiary/aromatic N) is 3. The fraction of sp³-hybridized carbons (Fsp3) is 0.417. The van der Waals surface area contributed by atoms with Gasteiger partial charge in [-0.1, -0.05) is 0 Å². The van der Waals surface area contributed by atoms with Crippen molar-refractivity contribution in [2.24, 2.45) is 0 Å². The zero-order valence-electron chi connectivity index (χ0n) is 10.0. The Bertz CT molecular complexity index is 534. The van der Waals surface area contributed by atoms with Gasteiger partial charge in [-0.3, -0.25) is 4.79 Å². The molecular formula is C12H15N3O2. The van der Waals surface area contributed by atoms with Gasteiger partial charge in [0.1, 0.15) is 0 Å². The molecule has 2 rings (SSSR count). The molecule has 2 aromatic heterocycles. The zero-order chi connectivity index (χ0) is 12.3. The van der Waals surface area contributed by atoms with E-state index in [-0.39, 0.29) is 5.97 Å². The van der Waals surface area contributed by atoms with Crippen molar-refractivity contribution < 1.29 is 9.53 Å². The Morgan fingerprint density at radius 3 is 3.06 bits per heavy atom. The summed E-state index contributed by atoms with van der Waals surface area (Å²) in [5.74, 6) is -0.205. The van der Waals surface area contributed by atoms with Crippen molar-refractivity contribution in [3.8, 4) is 0 Å². The molecule has 0 saturated heterocycles. The summed E-state index contributed by atoms with van der Waals surface area (Å²) in [4.78, 5) is 15.6. The molecule has 2 heterocycles. The van der Waals surface area contributed by atoms with Crippen LogP contribution in [0.4, 0.5) is 0 Å². The van der Waals surface area contributed by atoms with Crippen LogP contribution >= 0.6 is 0 Å². The Balaban J connectivity index is 2.11. The summed E-state index contributed by atoms with van der Waals surface area (Å²) in [5.41, 5.74) is 1.90. The number of carbonyl (C=O) groups excluding carboxylic acids is 1. The second kappa shape index (κ2) is 4.95. The molecule has 0 spiro atoms. The first-order chi connectivity index (χ1) is 8.20. The van der Waals surface area contributed by atoms with Crippen LogP contribution in [0.5, 0.6) is 0 Å². The molecule has 0 fully saturated rings. The van der Waals surface area contributed by atoms with Crippen LogP contribution in [0.3, 0.4) is 0 Å². The Labute approximate surface area is 99.4 Å². The number of hydrogen-bond acceptors (Lipinski definition) is 4. The third-order valence-corrected chi connectivity index (χ3v) is 2.45. The smallest absolute Gasteiger partial charge is 0.307 e. The molecule has 2 aromatic rings. The fourth-order valence-electron chi connectivity index (χ4n) is 1.68. The van der Waals surface area contributed by atoms with Crippen molar-refractivity contribution >= 4 is 17.0 Å². The molecule has 0 radical (unpaired) electrons. The maximum atomic E-state index is 11.2. The molecule has 0 bridgehead atoms. The summed E-state index contributed by atoms with van der Waals surface area (Å²) in [7, 11) is 0. The van der Waals surface area contributed by atoms with E-state index in [0.717, 1.165) is 16.6 Å². The Hall–Kier alpha value is -1.91. The van der Waals surface area contributed by atoms with Gasteiger partial charge in [0.05, 0.1) is 25.8 Å². The molecule has 0 aliphatic heterocycles. The van der Waals surface area contributed by atoms with Gasteiger partial charge in [-0.15, -0.1) is 0 Å². The van der Waals surface area contributed by atoms with E-state index in [1.165, 1.54) is 0 Å². The molecular weight excluding hydrogens is 218 g/mol. The molecule has 0 atom stereocenters. The van der Waals surface area contributed by atoms with Crippen LogP contribution in [0.2, 0.25) is 0 Å². The second-order valence-electron chi connectivity index (χ2n) is 3.85. The van der Waals surface area contributed by atoms with Gasteiger partial charge in [0.15, 0.2) is 5.65 Å². The molecule has 0 aromatic carbocycles. The van der Waals surface area contributed by atoms with Gasteiger partial charge in [-0.2, -0.15) is 5.10 Å². The first kappa shape index (κ1) is 11.6. The predicted octanol–water partition coefficient (Wildman–Crippen LogP) is 1.69. The highest BCUT2D eigenvalue weighted by atomic mass is 16.5. The lowest BCUT2D eigenvalue weighted by atomic mass is 10.2. The molecule has 0 saturated carbocycles. The molecule has 0 unspecified atom stereocenters. The van der Waals surface area contributed by atoms with Gasteiger partial charge in [0.2, 0.25) is 0 Å². The lowest BCUT2D eigenvalue weighted by Gasteiger charge is -2.03. The van der Waals surface area contributed by atoms with Crippen molar-refractivity contribution in [3.63, 3.8) is 0 Å². The number of esters is 1. The van der Waals surface area contributed by atoms with Gasteiger partial charge >= 0.3 is 5.97 Å². The number of aromatic nitrogens is 3. The Kier molecular flexibility index (Phi) is 3.37. The molecule has 17 heavy (non-hydrogen) atoms. The van der Waals surface area contributed by atoms with Crippen LogP contribution in [0.15, 0.2) is 18.5 Å². The van der Waals surface area contributed by atoms with Gasteiger partial charge in [0.25, 0.3) is 0 Å². The van der Waals surface area contributed by atoms with Crippen molar-refractivity contribution in [3.05, 3.63) is 24.0 Å². The topological polar surface area (TPSA) is 57.0 Å². The van der Waals surface area contributed by atoms with Crippen LogP contribution in [0, 0.1) is 6.92 Å². The van der Waals surface area contributed by atoms with E-state index >= 15 is 0 Å². The van der Waals surface area contributed by atoms with E-state index in [1.54, 1.807) is 24.0 Å². The molecule has 5 nitrogen and oxygen atoms in total. The number of ether oxygens (including phenoxy) is 1. The van der Waals surface area contributed by atoms with Crippen LogP contribution in [-0.2, 0) is 16.1 Å². The van der Waals surface area contributed by atoms with Crippen molar-refractivity contribution in [1.82, 2.24) is 14.8 Å². The number of aryl methyl sites for hydroxylation is 2. The molecule has 0 amide bonds. The summed E-state index contributed by atoms with van der Waals surface area (Å²) >= 11 is 0. The third-order valence-electron chi connectivity index (χ3n) is 2.45. The number of fused-ring (bicyclic) bond motifs is 1. The largest absolute Gasteiger partial charge is 0.466 e. The van der Waals surface area contributed by atoms with Gasteiger partial charge < -0.3 is 4.74 Å². The van der Waals surface area contributed by atoms with Crippen LogP contribution in [-0.4, -0.2) is 27.3 Å². The minimum absolute atomic E-state index is 0.205. The summed E-state index contributed by atoms with van der Waals surface area (Å²) in [6.07, 6.45) is 3.88. The summed E-state index contributed by atoms with van der Waals surface area (Å²) in [6.45, 7) is 4.70. The Morgan fingerprint density at radius 1 is 1.47 bits per heavy atom. The molecule has 0 aliphatic carbocycles. The number of carbonyl (C=O) groups is 1. The predicted molar refractivity (Wildman–Crippen MR) is 63.5 cm³/mol. The number of hydrogen-bond donors (Lipinski definition) is 0. The lowest BCUT2D eigenvalue weighted by molar-refractivity contribution is -0.143. The van der Waals surface area contributed by atoms with Crippen molar-refractivity contribution in [1.29, 1.82) is 0 Å². The minimum atomic E-state index is -0.205. The minimum Gasteiger partial charge on any atom is -0.466 e. The summed E-state index contributed by atoms with van der Waals surface area (Å²) in [5, 5.41) is 5.21. The highest BCUT2D eigenvalue weighted by Gasteiger charge is 2.07. The first-order valence-corrected chi connectivity index (χ1v) is 5.64. The Morgan fingerprint density at radius 2 is 2.29 bits per heavy atom. The standard InChI is InChI=1S/C12H15N3O2/c1-3-17-11(16)4-5-15-12-10(8-14-15)6-9(2)7-13-12/h6-8H,3-5H2,1-2H3. The van der Waals surface area contributed by atoms with E-state index in [9.17, 15) is 4.79 Å². The molecule has 0 N–H and O–H groups in total. The second-order valence-corrected chi connectivity index (χ2v) is 3.85. The first-order valence-electron chi connectivity index (χ1n) is 5.64. The average molecular weight is 233 g/mol. The van der Waals surface area contributed by atoms with Crippen molar-refractivity contribution in [2.45, 2.75) is 26.8 Å². The highest BCUT2D eigenvalue weighted by molar-refractivity contribution is 5.75.